The minimum Gasteiger partial charge on any atom is -0.342 e. The van der Waals surface area contributed by atoms with E-state index in [-0.39, 0.29) is 17.7 Å². The topological polar surface area (TPSA) is 40.6 Å². The summed E-state index contributed by atoms with van der Waals surface area (Å²) in [5.41, 5.74) is 2.17. The van der Waals surface area contributed by atoms with Crippen LogP contribution >= 0.6 is 0 Å². The summed E-state index contributed by atoms with van der Waals surface area (Å²) in [6.07, 6.45) is 2.62. The van der Waals surface area contributed by atoms with E-state index in [1.165, 1.54) is 12.0 Å². The molecule has 0 aliphatic carbocycles. The molecular weight excluding hydrogens is 300 g/mol. The molecule has 2 amide bonds. The number of rotatable bonds is 3. The summed E-state index contributed by atoms with van der Waals surface area (Å²) < 4.78 is 0. The van der Waals surface area contributed by atoms with Gasteiger partial charge in [-0.05, 0) is 42.4 Å². The van der Waals surface area contributed by atoms with Crippen molar-refractivity contribution in [2.75, 3.05) is 24.5 Å². The number of amides is 2. The maximum Gasteiger partial charge on any atom is 0.228 e. The van der Waals surface area contributed by atoms with Gasteiger partial charge < -0.3 is 9.80 Å². The standard InChI is InChI=1S/C20H28N2O2/c1-14(2)16-6-8-18(9-7-16)22-13-17(11-19(22)23)20(24)21-10-4-5-15(3)12-21/h6-9,14-15,17H,4-5,10-13H2,1-3H3. The normalized spacial score (nSPS) is 24.8. The summed E-state index contributed by atoms with van der Waals surface area (Å²) >= 11 is 0. The van der Waals surface area contributed by atoms with Crippen LogP contribution in [0.4, 0.5) is 5.69 Å². The monoisotopic (exact) mass is 328 g/mol. The molecule has 1 aromatic carbocycles. The minimum atomic E-state index is -0.187. The number of carbonyl (C=O) groups is 2. The predicted octanol–water partition coefficient (Wildman–Crippen LogP) is 3.42. The molecule has 4 nitrogen and oxygen atoms in total. The van der Waals surface area contributed by atoms with Gasteiger partial charge in [0.1, 0.15) is 0 Å². The van der Waals surface area contributed by atoms with Crippen molar-refractivity contribution in [3.63, 3.8) is 0 Å². The number of benzene rings is 1. The van der Waals surface area contributed by atoms with Crippen molar-refractivity contribution in [2.24, 2.45) is 11.8 Å². The molecule has 0 bridgehead atoms. The largest absolute Gasteiger partial charge is 0.342 e. The average Bonchev–Trinajstić information content (AvgIpc) is 2.96. The minimum absolute atomic E-state index is 0.0655. The highest BCUT2D eigenvalue weighted by atomic mass is 16.2. The van der Waals surface area contributed by atoms with Gasteiger partial charge in [-0.15, -0.1) is 0 Å². The van der Waals surface area contributed by atoms with Crippen LogP contribution in [0.25, 0.3) is 0 Å². The first-order valence-corrected chi connectivity index (χ1v) is 9.15. The van der Waals surface area contributed by atoms with Crippen molar-refractivity contribution in [1.29, 1.82) is 0 Å². The van der Waals surface area contributed by atoms with Crippen LogP contribution in [0.1, 0.15) is 51.5 Å². The van der Waals surface area contributed by atoms with Crippen molar-refractivity contribution in [2.45, 2.75) is 46.0 Å². The van der Waals surface area contributed by atoms with Gasteiger partial charge in [-0.1, -0.05) is 32.9 Å². The van der Waals surface area contributed by atoms with Crippen LogP contribution in [0.3, 0.4) is 0 Å². The van der Waals surface area contributed by atoms with Crippen LogP contribution < -0.4 is 4.90 Å². The molecule has 1 aromatic rings. The molecule has 0 aromatic heterocycles. The molecule has 0 N–H and O–H groups in total. The molecular formula is C20H28N2O2. The molecule has 24 heavy (non-hydrogen) atoms. The van der Waals surface area contributed by atoms with Crippen LogP contribution in [0.15, 0.2) is 24.3 Å². The van der Waals surface area contributed by atoms with Gasteiger partial charge in [-0.2, -0.15) is 0 Å². The van der Waals surface area contributed by atoms with E-state index in [2.05, 4.69) is 32.9 Å². The summed E-state index contributed by atoms with van der Waals surface area (Å²) in [4.78, 5) is 28.9. The van der Waals surface area contributed by atoms with Gasteiger partial charge in [0.15, 0.2) is 0 Å². The molecule has 2 aliphatic heterocycles. The highest BCUT2D eigenvalue weighted by molar-refractivity contribution is 6.00. The van der Waals surface area contributed by atoms with Crippen LogP contribution in [-0.2, 0) is 9.59 Å². The lowest BCUT2D eigenvalue weighted by Crippen LogP contribution is -2.43. The van der Waals surface area contributed by atoms with Crippen LogP contribution in [0.2, 0.25) is 0 Å². The number of hydrogen-bond acceptors (Lipinski definition) is 2. The summed E-state index contributed by atoms with van der Waals surface area (Å²) in [7, 11) is 0. The van der Waals surface area contributed by atoms with E-state index in [0.717, 1.165) is 25.2 Å². The maximum atomic E-state index is 12.8. The molecule has 0 spiro atoms. The fourth-order valence-electron chi connectivity index (χ4n) is 3.81. The van der Waals surface area contributed by atoms with E-state index < -0.39 is 0 Å². The molecule has 2 unspecified atom stereocenters. The third-order valence-electron chi connectivity index (χ3n) is 5.31. The lowest BCUT2D eigenvalue weighted by Gasteiger charge is -2.32. The maximum absolute atomic E-state index is 12.8. The Morgan fingerprint density at radius 1 is 1.17 bits per heavy atom. The third kappa shape index (κ3) is 3.47. The first-order valence-electron chi connectivity index (χ1n) is 9.15. The van der Waals surface area contributed by atoms with Gasteiger partial charge in [0.2, 0.25) is 11.8 Å². The van der Waals surface area contributed by atoms with Gasteiger partial charge in [0.25, 0.3) is 0 Å². The molecule has 2 heterocycles. The zero-order valence-electron chi connectivity index (χ0n) is 15.0. The fraction of sp³-hybridized carbons (Fsp3) is 0.600. The Labute approximate surface area is 144 Å². The Morgan fingerprint density at radius 2 is 1.88 bits per heavy atom. The number of likely N-dealkylation sites (tertiary alicyclic amines) is 1. The first-order chi connectivity index (χ1) is 11.5. The average molecular weight is 328 g/mol. The first kappa shape index (κ1) is 17.0. The highest BCUT2D eigenvalue weighted by Crippen LogP contribution is 2.29. The number of carbonyl (C=O) groups excluding carboxylic acids is 2. The van der Waals surface area contributed by atoms with E-state index >= 15 is 0 Å². The molecule has 2 fully saturated rings. The Bertz CT molecular complexity index is 609. The van der Waals surface area contributed by atoms with Crippen LogP contribution in [0.5, 0.6) is 0 Å². The fourth-order valence-corrected chi connectivity index (χ4v) is 3.81. The summed E-state index contributed by atoms with van der Waals surface area (Å²) in [6.45, 7) is 8.71. The second kappa shape index (κ2) is 6.96. The van der Waals surface area contributed by atoms with Crippen molar-refractivity contribution in [3.8, 4) is 0 Å². The highest BCUT2D eigenvalue weighted by Gasteiger charge is 2.37. The zero-order valence-corrected chi connectivity index (χ0v) is 15.0. The number of nitrogens with zero attached hydrogens (tertiary/aromatic N) is 2. The SMILES string of the molecule is CC1CCCN(C(=O)C2CC(=O)N(c3ccc(C(C)C)cc3)C2)C1. The van der Waals surface area contributed by atoms with E-state index in [0.29, 0.717) is 24.8 Å². The van der Waals surface area contributed by atoms with E-state index in [4.69, 9.17) is 0 Å². The van der Waals surface area contributed by atoms with E-state index in [1.54, 1.807) is 4.90 Å². The van der Waals surface area contributed by atoms with E-state index in [1.807, 2.05) is 17.0 Å². The lowest BCUT2D eigenvalue weighted by molar-refractivity contribution is -0.137. The Morgan fingerprint density at radius 3 is 2.50 bits per heavy atom. The Kier molecular flexibility index (Phi) is 4.93. The van der Waals surface area contributed by atoms with Crippen LogP contribution in [0, 0.1) is 11.8 Å². The van der Waals surface area contributed by atoms with Gasteiger partial charge in [-0.3, -0.25) is 9.59 Å². The molecule has 0 saturated carbocycles. The lowest BCUT2D eigenvalue weighted by atomic mass is 9.98. The van der Waals surface area contributed by atoms with Gasteiger partial charge in [-0.25, -0.2) is 0 Å². The van der Waals surface area contributed by atoms with Crippen molar-refractivity contribution >= 4 is 17.5 Å². The quantitative estimate of drug-likeness (QED) is 0.853. The third-order valence-corrected chi connectivity index (χ3v) is 5.31. The van der Waals surface area contributed by atoms with E-state index in [9.17, 15) is 9.59 Å². The smallest absolute Gasteiger partial charge is 0.228 e. The molecule has 2 atom stereocenters. The van der Waals surface area contributed by atoms with Gasteiger partial charge in [0, 0.05) is 31.7 Å². The van der Waals surface area contributed by atoms with Gasteiger partial charge in [0.05, 0.1) is 5.92 Å². The van der Waals surface area contributed by atoms with Crippen molar-refractivity contribution in [3.05, 3.63) is 29.8 Å². The van der Waals surface area contributed by atoms with Gasteiger partial charge >= 0.3 is 0 Å². The molecule has 2 saturated heterocycles. The molecule has 3 rings (SSSR count). The zero-order chi connectivity index (χ0) is 17.3. The molecule has 130 valence electrons. The van der Waals surface area contributed by atoms with Crippen molar-refractivity contribution < 1.29 is 9.59 Å². The number of anilines is 1. The van der Waals surface area contributed by atoms with Crippen molar-refractivity contribution in [1.82, 2.24) is 4.90 Å². The number of piperidine rings is 1. The van der Waals surface area contributed by atoms with Crippen LogP contribution in [-0.4, -0.2) is 36.3 Å². The second-order valence-corrected chi connectivity index (χ2v) is 7.68. The Balaban J connectivity index is 1.67. The summed E-state index contributed by atoms with van der Waals surface area (Å²) in [5, 5.41) is 0. The molecule has 4 heteroatoms. The molecule has 0 radical (unpaired) electrons. The predicted molar refractivity (Wildman–Crippen MR) is 96.0 cm³/mol. The Hall–Kier alpha value is -1.84. The second-order valence-electron chi connectivity index (χ2n) is 7.68. The molecule has 2 aliphatic rings. The summed E-state index contributed by atoms with van der Waals surface area (Å²) in [5.74, 6) is 1.09. The number of hydrogen-bond donors (Lipinski definition) is 0. The summed E-state index contributed by atoms with van der Waals surface area (Å²) in [6, 6.07) is 8.16.